The maximum atomic E-state index is 13.4. The molecule has 1 aliphatic rings. The third-order valence-electron chi connectivity index (χ3n) is 6.45. The number of aromatic amines is 1. The molecule has 1 fully saturated rings. The van der Waals surface area contributed by atoms with E-state index in [-0.39, 0.29) is 16.4 Å². The molecule has 1 N–H and O–H groups in total. The highest BCUT2D eigenvalue weighted by atomic mass is 32.2. The molecule has 0 bridgehead atoms. The fraction of sp³-hybridized carbons (Fsp3) is 0.636. The van der Waals surface area contributed by atoms with Gasteiger partial charge >= 0.3 is 0 Å². The molecule has 7 heteroatoms. The molecule has 1 saturated carbocycles. The molecule has 0 amide bonds. The van der Waals surface area contributed by atoms with Gasteiger partial charge in [-0.1, -0.05) is 20.8 Å². The molecule has 1 heterocycles. The smallest absolute Gasteiger partial charge is 0.258 e. The number of hydrogen-bond donors (Lipinski definition) is 1. The van der Waals surface area contributed by atoms with E-state index in [2.05, 4.69) is 43.8 Å². The van der Waals surface area contributed by atoms with Crippen LogP contribution in [0.25, 0.3) is 10.9 Å². The number of fused-ring (bicyclic) bond motifs is 1. The summed E-state index contributed by atoms with van der Waals surface area (Å²) in [4.78, 5) is 19.5. The Morgan fingerprint density at radius 3 is 2.59 bits per heavy atom. The highest BCUT2D eigenvalue weighted by Gasteiger charge is 2.37. The van der Waals surface area contributed by atoms with Crippen LogP contribution in [0.2, 0.25) is 18.1 Å². The first kappa shape index (κ1) is 22.5. The third-order valence-corrected chi connectivity index (χ3v) is 12.3. The Hall–Kier alpha value is -1.18. The normalized spacial score (nSPS) is 20.9. The monoisotopic (exact) mass is 436 g/mol. The van der Waals surface area contributed by atoms with Gasteiger partial charge in [-0.15, -0.1) is 0 Å². The van der Waals surface area contributed by atoms with Crippen LogP contribution in [0.4, 0.5) is 4.39 Å². The van der Waals surface area contributed by atoms with E-state index < -0.39 is 8.32 Å². The second kappa shape index (κ2) is 8.90. The molecule has 2 aromatic rings. The zero-order valence-corrected chi connectivity index (χ0v) is 20.0. The molecule has 29 heavy (non-hydrogen) atoms. The van der Waals surface area contributed by atoms with E-state index in [1.54, 1.807) is 0 Å². The molecular weight excluding hydrogens is 403 g/mol. The van der Waals surface area contributed by atoms with Crippen LogP contribution in [0.15, 0.2) is 23.0 Å². The second-order valence-corrected chi connectivity index (χ2v) is 15.8. The molecule has 0 unspecified atom stereocenters. The summed E-state index contributed by atoms with van der Waals surface area (Å²) >= 11 is 1.84. The molecule has 1 aliphatic carbocycles. The first-order chi connectivity index (χ1) is 13.5. The Kier molecular flexibility index (Phi) is 6.90. The van der Waals surface area contributed by atoms with Crippen molar-refractivity contribution in [3.05, 3.63) is 40.2 Å². The quantitative estimate of drug-likeness (QED) is 0.575. The predicted molar refractivity (Wildman–Crippen MR) is 123 cm³/mol. The lowest BCUT2D eigenvalue weighted by atomic mass is 9.90. The number of aromatic nitrogens is 2. The fourth-order valence-corrected chi connectivity index (χ4v) is 5.66. The van der Waals surface area contributed by atoms with Crippen molar-refractivity contribution in [2.45, 2.75) is 75.6 Å². The van der Waals surface area contributed by atoms with Crippen molar-refractivity contribution in [2.24, 2.45) is 5.92 Å². The topological polar surface area (TPSA) is 55.0 Å². The van der Waals surface area contributed by atoms with Gasteiger partial charge in [-0.2, -0.15) is 11.8 Å². The Morgan fingerprint density at radius 1 is 1.24 bits per heavy atom. The van der Waals surface area contributed by atoms with Gasteiger partial charge in [0.05, 0.1) is 16.7 Å². The largest absolute Gasteiger partial charge is 0.417 e. The Balaban J connectivity index is 1.49. The van der Waals surface area contributed by atoms with Gasteiger partial charge < -0.3 is 9.41 Å². The molecule has 0 atom stereocenters. The van der Waals surface area contributed by atoms with Crippen LogP contribution >= 0.6 is 11.8 Å². The van der Waals surface area contributed by atoms with Crippen molar-refractivity contribution in [2.75, 3.05) is 6.61 Å². The van der Waals surface area contributed by atoms with Gasteiger partial charge in [0.15, 0.2) is 8.32 Å². The Bertz CT molecular complexity index is 902. The second-order valence-electron chi connectivity index (χ2n) is 9.70. The zero-order chi connectivity index (χ0) is 21.2. The van der Waals surface area contributed by atoms with Crippen LogP contribution in [0, 0.1) is 11.7 Å². The van der Waals surface area contributed by atoms with Crippen molar-refractivity contribution in [1.29, 1.82) is 0 Å². The number of rotatable bonds is 6. The highest BCUT2D eigenvalue weighted by Crippen LogP contribution is 2.38. The average Bonchev–Trinajstić information content (AvgIpc) is 2.64. The summed E-state index contributed by atoms with van der Waals surface area (Å²) in [6.45, 7) is 12.4. The summed E-state index contributed by atoms with van der Waals surface area (Å²) in [7, 11) is -1.67. The van der Waals surface area contributed by atoms with Crippen LogP contribution in [0.1, 0.15) is 52.3 Å². The molecule has 160 valence electrons. The summed E-state index contributed by atoms with van der Waals surface area (Å²) in [6, 6.07) is 4.11. The number of thioether (sulfide) groups is 1. The lowest BCUT2D eigenvalue weighted by Gasteiger charge is -2.38. The van der Waals surface area contributed by atoms with E-state index in [1.807, 2.05) is 11.8 Å². The molecular formula is C22H33FN2O2SSi. The van der Waals surface area contributed by atoms with Gasteiger partial charge in [0.25, 0.3) is 5.56 Å². The third kappa shape index (κ3) is 5.70. The first-order valence-corrected chi connectivity index (χ1v) is 14.4. The van der Waals surface area contributed by atoms with Crippen molar-refractivity contribution in [3.63, 3.8) is 0 Å². The van der Waals surface area contributed by atoms with Gasteiger partial charge in [0.2, 0.25) is 0 Å². The minimum Gasteiger partial charge on any atom is -0.417 e. The van der Waals surface area contributed by atoms with Gasteiger partial charge in [0, 0.05) is 17.9 Å². The molecule has 0 spiro atoms. The summed E-state index contributed by atoms with van der Waals surface area (Å²) in [5, 5.41) is 1.27. The Morgan fingerprint density at radius 2 is 1.93 bits per heavy atom. The highest BCUT2D eigenvalue weighted by molar-refractivity contribution is 7.99. The molecule has 1 aromatic carbocycles. The van der Waals surface area contributed by atoms with E-state index in [0.29, 0.717) is 33.6 Å². The molecule has 1 aromatic heterocycles. The number of hydrogen-bond acceptors (Lipinski definition) is 4. The number of nitrogens with one attached hydrogen (secondary N) is 1. The molecule has 0 saturated heterocycles. The maximum Gasteiger partial charge on any atom is 0.258 e. The first-order valence-electron chi connectivity index (χ1n) is 10.5. The number of H-pyrrole nitrogens is 1. The predicted octanol–water partition coefficient (Wildman–Crippen LogP) is 5.88. The summed E-state index contributed by atoms with van der Waals surface area (Å²) in [5.41, 5.74) is 0.230. The van der Waals surface area contributed by atoms with Crippen LogP contribution in [0.3, 0.4) is 0 Å². The number of nitrogens with zero attached hydrogens (tertiary/aromatic N) is 1. The standard InChI is InChI=1S/C22H33FN2O2SSi/c1-22(2,3)29(4,5)27-13-15-6-9-17(10-7-15)28-14-20-24-19-12-16(23)8-11-18(19)21(26)25-20/h8,11-12,15,17H,6-7,9-10,13-14H2,1-5H3,(H,24,25,26). The fourth-order valence-electron chi connectivity index (χ4n) is 3.43. The molecule has 4 nitrogen and oxygen atoms in total. The van der Waals surface area contributed by atoms with Crippen molar-refractivity contribution in [1.82, 2.24) is 9.97 Å². The molecule has 3 rings (SSSR count). The van der Waals surface area contributed by atoms with E-state index in [1.165, 1.54) is 43.9 Å². The lowest BCUT2D eigenvalue weighted by molar-refractivity contribution is 0.195. The van der Waals surface area contributed by atoms with E-state index in [0.717, 1.165) is 6.61 Å². The van der Waals surface area contributed by atoms with Crippen molar-refractivity contribution < 1.29 is 8.82 Å². The van der Waals surface area contributed by atoms with E-state index in [4.69, 9.17) is 4.43 Å². The number of halogens is 1. The van der Waals surface area contributed by atoms with E-state index in [9.17, 15) is 9.18 Å². The van der Waals surface area contributed by atoms with Crippen molar-refractivity contribution >= 4 is 31.0 Å². The summed E-state index contributed by atoms with van der Waals surface area (Å²) in [5.74, 6) is 1.56. The van der Waals surface area contributed by atoms with Crippen LogP contribution in [-0.4, -0.2) is 30.1 Å². The molecule has 0 radical (unpaired) electrons. The lowest BCUT2D eigenvalue weighted by Crippen LogP contribution is -2.42. The number of benzene rings is 1. The average molecular weight is 437 g/mol. The van der Waals surface area contributed by atoms with Gasteiger partial charge in [-0.25, -0.2) is 9.37 Å². The van der Waals surface area contributed by atoms with Crippen LogP contribution in [0.5, 0.6) is 0 Å². The summed E-state index contributed by atoms with van der Waals surface area (Å²) < 4.78 is 19.9. The zero-order valence-electron chi connectivity index (χ0n) is 18.2. The Labute approximate surface area is 178 Å². The van der Waals surface area contributed by atoms with Gasteiger partial charge in [-0.05, 0) is 61.9 Å². The molecule has 0 aliphatic heterocycles. The maximum absolute atomic E-state index is 13.4. The minimum absolute atomic E-state index is 0.197. The van der Waals surface area contributed by atoms with E-state index >= 15 is 0 Å². The van der Waals surface area contributed by atoms with Gasteiger partial charge in [0.1, 0.15) is 11.6 Å². The van der Waals surface area contributed by atoms with Crippen LogP contribution < -0.4 is 5.56 Å². The van der Waals surface area contributed by atoms with Crippen molar-refractivity contribution in [3.8, 4) is 0 Å². The summed E-state index contributed by atoms with van der Waals surface area (Å²) in [6.07, 6.45) is 4.73. The van der Waals surface area contributed by atoms with Gasteiger partial charge in [-0.3, -0.25) is 4.79 Å². The van der Waals surface area contributed by atoms with Crippen LogP contribution in [-0.2, 0) is 10.2 Å². The minimum atomic E-state index is -1.67. The SMILES string of the molecule is CC(C)(C)[Si](C)(C)OCC1CCC(SCc2nc3cc(F)ccc3c(=O)[nH]2)CC1.